The lowest BCUT2D eigenvalue weighted by Crippen LogP contribution is -2.11. The number of rotatable bonds is 5. The van der Waals surface area contributed by atoms with Crippen LogP contribution in [0.15, 0.2) is 42.5 Å². The average Bonchev–Trinajstić information content (AvgIpc) is 2.49. The number of carbonyl (C=O) groups is 2. The fourth-order valence-electron chi connectivity index (χ4n) is 2.31. The number of carboxylic acids is 2. The van der Waals surface area contributed by atoms with Crippen LogP contribution < -0.4 is 0 Å². The van der Waals surface area contributed by atoms with Gasteiger partial charge in [-0.05, 0) is 30.2 Å². The number of benzene rings is 2. The van der Waals surface area contributed by atoms with Gasteiger partial charge in [-0.2, -0.15) is 0 Å². The zero-order valence-electron chi connectivity index (χ0n) is 11.9. The van der Waals surface area contributed by atoms with Crippen molar-refractivity contribution < 1.29 is 19.8 Å². The fraction of sp³-hybridized carbons (Fsp3) is 0.176. The third kappa shape index (κ3) is 3.28. The Labute approximate surface area is 133 Å². The topological polar surface area (TPSA) is 74.6 Å². The van der Waals surface area contributed by atoms with Crippen molar-refractivity contribution in [2.45, 2.75) is 12.8 Å². The minimum absolute atomic E-state index is 0.191. The van der Waals surface area contributed by atoms with Crippen molar-refractivity contribution >= 4 is 23.5 Å². The molecule has 0 aromatic heterocycles. The van der Waals surface area contributed by atoms with Crippen LogP contribution in [0.25, 0.3) is 0 Å². The van der Waals surface area contributed by atoms with E-state index in [4.69, 9.17) is 16.7 Å². The van der Waals surface area contributed by atoms with E-state index in [2.05, 4.69) is 0 Å². The summed E-state index contributed by atoms with van der Waals surface area (Å²) >= 11 is 6.05. The maximum absolute atomic E-state index is 11.3. The van der Waals surface area contributed by atoms with Crippen LogP contribution in [-0.2, 0) is 0 Å². The van der Waals surface area contributed by atoms with Crippen molar-refractivity contribution in [1.29, 1.82) is 0 Å². The highest BCUT2D eigenvalue weighted by molar-refractivity contribution is 6.18. The summed E-state index contributed by atoms with van der Waals surface area (Å²) in [4.78, 5) is 22.4. The highest BCUT2D eigenvalue weighted by Gasteiger charge is 2.20. The van der Waals surface area contributed by atoms with Crippen molar-refractivity contribution in [2.75, 3.05) is 5.88 Å². The molecule has 0 radical (unpaired) electrons. The smallest absolute Gasteiger partial charge is 0.336 e. The molecule has 2 rings (SSSR count). The van der Waals surface area contributed by atoms with Gasteiger partial charge in [-0.3, -0.25) is 0 Å². The monoisotopic (exact) mass is 318 g/mol. The molecule has 2 aromatic carbocycles. The largest absolute Gasteiger partial charge is 0.478 e. The van der Waals surface area contributed by atoms with Crippen molar-refractivity contribution in [3.8, 4) is 0 Å². The van der Waals surface area contributed by atoms with Crippen LogP contribution in [0.3, 0.4) is 0 Å². The Hall–Kier alpha value is -2.33. The molecule has 22 heavy (non-hydrogen) atoms. The summed E-state index contributed by atoms with van der Waals surface area (Å²) in [6.45, 7) is 1.98. The van der Waals surface area contributed by atoms with Gasteiger partial charge in [0.05, 0.1) is 11.1 Å². The first-order valence-corrected chi connectivity index (χ1v) is 7.20. The molecule has 4 nitrogen and oxygen atoms in total. The van der Waals surface area contributed by atoms with Gasteiger partial charge in [-0.15, -0.1) is 11.6 Å². The highest BCUT2D eigenvalue weighted by atomic mass is 35.5. The molecule has 0 saturated carbocycles. The van der Waals surface area contributed by atoms with E-state index in [1.807, 2.05) is 31.2 Å². The third-order valence-corrected chi connectivity index (χ3v) is 3.85. The number of hydrogen-bond acceptors (Lipinski definition) is 2. The number of alkyl halides is 1. The van der Waals surface area contributed by atoms with Gasteiger partial charge in [0.2, 0.25) is 0 Å². The second-order valence-corrected chi connectivity index (χ2v) is 5.34. The van der Waals surface area contributed by atoms with E-state index >= 15 is 0 Å². The first-order chi connectivity index (χ1) is 10.4. The molecule has 1 atom stereocenters. The second kappa shape index (κ2) is 6.62. The van der Waals surface area contributed by atoms with Crippen molar-refractivity contribution in [3.63, 3.8) is 0 Å². The number of aromatic carboxylic acids is 2. The molecule has 2 aromatic rings. The molecule has 1 unspecified atom stereocenters. The van der Waals surface area contributed by atoms with E-state index in [1.165, 1.54) is 12.1 Å². The molecule has 0 spiro atoms. The molecule has 5 heteroatoms. The normalized spacial score (nSPS) is 11.9. The number of carboxylic acid groups (broad SMARTS) is 2. The minimum Gasteiger partial charge on any atom is -0.478 e. The lowest BCUT2D eigenvalue weighted by atomic mass is 9.90. The van der Waals surface area contributed by atoms with Crippen LogP contribution in [0.1, 0.15) is 43.3 Å². The van der Waals surface area contributed by atoms with Gasteiger partial charge in [0.1, 0.15) is 0 Å². The van der Waals surface area contributed by atoms with Gasteiger partial charge < -0.3 is 10.2 Å². The van der Waals surface area contributed by atoms with E-state index in [9.17, 15) is 14.7 Å². The van der Waals surface area contributed by atoms with Gasteiger partial charge in [-0.25, -0.2) is 9.59 Å². The van der Waals surface area contributed by atoms with Crippen molar-refractivity contribution in [2.24, 2.45) is 0 Å². The van der Waals surface area contributed by atoms with Gasteiger partial charge in [0.15, 0.2) is 0 Å². The summed E-state index contributed by atoms with van der Waals surface area (Å²) in [5.74, 6) is -2.45. The third-order valence-electron chi connectivity index (χ3n) is 3.54. The van der Waals surface area contributed by atoms with Crippen LogP contribution >= 0.6 is 11.6 Å². The zero-order chi connectivity index (χ0) is 16.3. The molecule has 0 heterocycles. The summed E-state index contributed by atoms with van der Waals surface area (Å²) in [5, 5.41) is 18.3. The van der Waals surface area contributed by atoms with E-state index in [1.54, 1.807) is 6.07 Å². The molecule has 0 aliphatic heterocycles. The van der Waals surface area contributed by atoms with Crippen LogP contribution in [0.4, 0.5) is 0 Å². The van der Waals surface area contributed by atoms with Gasteiger partial charge >= 0.3 is 11.9 Å². The lowest BCUT2D eigenvalue weighted by molar-refractivity contribution is 0.0651. The highest BCUT2D eigenvalue weighted by Crippen LogP contribution is 2.28. The number of halogens is 1. The lowest BCUT2D eigenvalue weighted by Gasteiger charge is -2.16. The Balaban J connectivity index is 2.50. The summed E-state index contributed by atoms with van der Waals surface area (Å²) in [6, 6.07) is 12.1. The molecule has 0 aliphatic rings. The average molecular weight is 319 g/mol. The molecule has 2 N–H and O–H groups in total. The van der Waals surface area contributed by atoms with Crippen molar-refractivity contribution in [3.05, 3.63) is 70.3 Å². The minimum atomic E-state index is -1.27. The molecule has 0 amide bonds. The first kappa shape index (κ1) is 16.0. The standard InChI is InChI=1S/C17H15ClO4/c1-10-2-4-11(5-3-10)15(9-18)12-6-7-13(16(19)20)14(8-12)17(21)22/h2-8,15H,9H2,1H3,(H,19,20)(H,21,22). The molecule has 0 aliphatic carbocycles. The quantitative estimate of drug-likeness (QED) is 0.823. The van der Waals surface area contributed by atoms with Crippen LogP contribution in [-0.4, -0.2) is 28.0 Å². The molecule has 0 saturated heterocycles. The Kier molecular flexibility index (Phi) is 4.83. The number of hydrogen-bond donors (Lipinski definition) is 2. The molecule has 114 valence electrons. The fourth-order valence-corrected chi connectivity index (χ4v) is 2.67. The summed E-state index contributed by atoms with van der Waals surface area (Å²) < 4.78 is 0. The van der Waals surface area contributed by atoms with E-state index in [0.717, 1.165) is 11.1 Å². The summed E-state index contributed by atoms with van der Waals surface area (Å²) in [7, 11) is 0. The predicted molar refractivity (Wildman–Crippen MR) is 84.1 cm³/mol. The first-order valence-electron chi connectivity index (χ1n) is 6.67. The van der Waals surface area contributed by atoms with E-state index in [-0.39, 0.29) is 22.9 Å². The van der Waals surface area contributed by atoms with Gasteiger partial charge in [0, 0.05) is 11.8 Å². The summed E-state index contributed by atoms with van der Waals surface area (Å²) in [6.07, 6.45) is 0. The van der Waals surface area contributed by atoms with E-state index in [0.29, 0.717) is 5.56 Å². The Bertz CT molecular complexity index is 707. The molecule has 0 fully saturated rings. The SMILES string of the molecule is Cc1ccc(C(CCl)c2ccc(C(=O)O)c(C(=O)O)c2)cc1. The zero-order valence-corrected chi connectivity index (χ0v) is 12.7. The Morgan fingerprint density at radius 1 is 0.955 bits per heavy atom. The molecule has 0 bridgehead atoms. The van der Waals surface area contributed by atoms with Crippen molar-refractivity contribution in [1.82, 2.24) is 0 Å². The second-order valence-electron chi connectivity index (χ2n) is 5.03. The van der Waals surface area contributed by atoms with E-state index < -0.39 is 11.9 Å². The Morgan fingerprint density at radius 3 is 2.00 bits per heavy atom. The van der Waals surface area contributed by atoms with Gasteiger partial charge in [-0.1, -0.05) is 35.9 Å². The number of aryl methyl sites for hydroxylation is 1. The molecular weight excluding hydrogens is 304 g/mol. The maximum Gasteiger partial charge on any atom is 0.336 e. The Morgan fingerprint density at radius 2 is 1.50 bits per heavy atom. The van der Waals surface area contributed by atoms with Crippen LogP contribution in [0.5, 0.6) is 0 Å². The maximum atomic E-state index is 11.3. The summed E-state index contributed by atoms with van der Waals surface area (Å²) in [5.41, 5.74) is 2.30. The predicted octanol–water partition coefficient (Wildman–Crippen LogP) is 3.76. The van der Waals surface area contributed by atoms with Crippen LogP contribution in [0, 0.1) is 6.92 Å². The molecular formula is C17H15ClO4. The van der Waals surface area contributed by atoms with Gasteiger partial charge in [0.25, 0.3) is 0 Å². The van der Waals surface area contributed by atoms with Crippen LogP contribution in [0.2, 0.25) is 0 Å².